The number of hydrogen-bond acceptors (Lipinski definition) is 4. The van der Waals surface area contributed by atoms with Gasteiger partial charge in [-0.1, -0.05) is 26.8 Å². The Balaban J connectivity index is 0.00000324. The van der Waals surface area contributed by atoms with E-state index < -0.39 is 17.6 Å². The van der Waals surface area contributed by atoms with Crippen molar-refractivity contribution in [3.63, 3.8) is 0 Å². The summed E-state index contributed by atoms with van der Waals surface area (Å²) >= 11 is 0. The van der Waals surface area contributed by atoms with Crippen LogP contribution < -0.4 is 0 Å². The molecule has 0 aromatic rings. The predicted octanol–water partition coefficient (Wildman–Crippen LogP) is 1.58. The Hall–Kier alpha value is 0.502. The molecule has 107 valence electrons. The molecule has 1 fully saturated rings. The summed E-state index contributed by atoms with van der Waals surface area (Å²) in [4.78, 5) is 23.4. The quantitative estimate of drug-likeness (QED) is 0.618. The van der Waals surface area contributed by atoms with E-state index in [1.165, 1.54) is 7.11 Å². The van der Waals surface area contributed by atoms with Crippen molar-refractivity contribution in [1.29, 1.82) is 0 Å². The summed E-state index contributed by atoms with van der Waals surface area (Å²) in [5.41, 5.74) is 6.17. The van der Waals surface area contributed by atoms with Crippen LogP contribution in [-0.4, -0.2) is 35.6 Å². The van der Waals surface area contributed by atoms with E-state index in [1.54, 1.807) is 0 Å². The number of carbonyl (C=O) groups is 2. The van der Waals surface area contributed by atoms with Gasteiger partial charge in [0.2, 0.25) is 0 Å². The Morgan fingerprint density at radius 3 is 2.42 bits per heavy atom. The van der Waals surface area contributed by atoms with Crippen LogP contribution in [0.5, 0.6) is 0 Å². The van der Waals surface area contributed by atoms with Gasteiger partial charge in [-0.25, -0.2) is 4.79 Å². The number of Topliss-reactive ketones (excluding diaryl/α,β-unsaturated/α-hetero) is 1. The number of hydrogen-bond donors (Lipinski definition) is 1. The van der Waals surface area contributed by atoms with Crippen LogP contribution in [0.2, 0.25) is 0 Å². The van der Waals surface area contributed by atoms with Gasteiger partial charge < -0.3 is 20.4 Å². The van der Waals surface area contributed by atoms with Crippen molar-refractivity contribution >= 4 is 11.8 Å². The Morgan fingerprint density at radius 1 is 1.47 bits per heavy atom. The number of methoxy groups -OCH3 is 1. The first-order chi connectivity index (χ1) is 8.23. The average Bonchev–Trinajstić information content (AvgIpc) is 2.31. The summed E-state index contributed by atoms with van der Waals surface area (Å²) in [5, 5.41) is 10.3. The van der Waals surface area contributed by atoms with Gasteiger partial charge in [0, 0.05) is 50.5 Å². The molecule has 0 bridgehead atoms. The van der Waals surface area contributed by atoms with E-state index in [4.69, 9.17) is 5.73 Å². The van der Waals surface area contributed by atoms with Crippen molar-refractivity contribution in [2.45, 2.75) is 45.3 Å². The Kier molecular flexibility index (Phi) is 7.69. The number of ether oxygens (including phenoxy) is 1. The second-order valence-electron chi connectivity index (χ2n) is 5.62. The van der Waals surface area contributed by atoms with E-state index >= 15 is 0 Å². The summed E-state index contributed by atoms with van der Waals surface area (Å²) in [7, 11) is 1.19. The topological polar surface area (TPSA) is 87.4 Å². The van der Waals surface area contributed by atoms with Crippen LogP contribution in [0.3, 0.4) is 0 Å². The number of ketones is 1. The van der Waals surface area contributed by atoms with E-state index in [0.29, 0.717) is 0 Å². The fraction of sp³-hybridized carbons (Fsp3) is 0.846. The summed E-state index contributed by atoms with van der Waals surface area (Å²) in [6.45, 7) is 5.97. The van der Waals surface area contributed by atoms with E-state index in [0.717, 1.165) is 0 Å². The predicted molar refractivity (Wildman–Crippen MR) is 66.8 cm³/mol. The zero-order valence-corrected chi connectivity index (χ0v) is 16.7. The van der Waals surface area contributed by atoms with Crippen molar-refractivity contribution in [2.24, 2.45) is 17.8 Å². The smallest absolute Gasteiger partial charge is 0.338 e. The maximum atomic E-state index is 11.8. The molecular formula is C13H22AcNO4-. The van der Waals surface area contributed by atoms with Gasteiger partial charge in [-0.3, -0.25) is 0 Å². The molecule has 4 unspecified atom stereocenters. The molecule has 6 heteroatoms. The molecule has 0 aromatic carbocycles. The number of nitrogens with one attached hydrogen (secondary N) is 1. The Labute approximate surface area is 150 Å². The van der Waals surface area contributed by atoms with Gasteiger partial charge in [0.05, 0.1) is 7.11 Å². The maximum absolute atomic E-state index is 11.8. The number of esters is 1. The fourth-order valence-corrected chi connectivity index (χ4v) is 2.55. The SMILES string of the molecule is COC(=O)C1(O)CC(=O)C([NH-])C(C(C)C(C)C)C1.[Ac]. The maximum Gasteiger partial charge on any atom is 0.338 e. The molecule has 2 N–H and O–H groups in total. The molecule has 1 aliphatic rings. The fourth-order valence-electron chi connectivity index (χ4n) is 2.55. The molecule has 19 heavy (non-hydrogen) atoms. The second-order valence-corrected chi connectivity index (χ2v) is 5.62. The minimum absolute atomic E-state index is 0. The van der Waals surface area contributed by atoms with Gasteiger partial charge in [0.15, 0.2) is 5.60 Å². The van der Waals surface area contributed by atoms with Crippen LogP contribution in [0.4, 0.5) is 0 Å². The van der Waals surface area contributed by atoms with E-state index in [-0.39, 0.29) is 80.4 Å². The molecule has 0 spiro atoms. The van der Waals surface area contributed by atoms with Crippen molar-refractivity contribution in [1.82, 2.24) is 0 Å². The molecule has 0 heterocycles. The minimum atomic E-state index is -1.75. The average molecular weight is 483 g/mol. The van der Waals surface area contributed by atoms with Gasteiger partial charge in [-0.05, 0) is 24.2 Å². The molecule has 0 aromatic heterocycles. The molecule has 1 saturated carbocycles. The van der Waals surface area contributed by atoms with Crippen molar-refractivity contribution in [3.05, 3.63) is 5.73 Å². The molecule has 0 aliphatic heterocycles. The van der Waals surface area contributed by atoms with E-state index in [1.807, 2.05) is 20.8 Å². The Bertz CT molecular complexity index is 348. The zero-order valence-electron chi connectivity index (χ0n) is 12.0. The minimum Gasteiger partial charge on any atom is -0.668 e. The zero-order chi connectivity index (χ0) is 14.1. The van der Waals surface area contributed by atoms with Gasteiger partial charge in [0.25, 0.3) is 0 Å². The largest absolute Gasteiger partial charge is 0.668 e. The summed E-state index contributed by atoms with van der Waals surface area (Å²) < 4.78 is 4.56. The second kappa shape index (κ2) is 7.49. The monoisotopic (exact) mass is 483 g/mol. The summed E-state index contributed by atoms with van der Waals surface area (Å²) in [5.74, 6) is -1.09. The third kappa shape index (κ3) is 4.23. The summed E-state index contributed by atoms with van der Waals surface area (Å²) in [6.07, 6.45) is -0.186. The number of carbonyl (C=O) groups excluding carboxylic acids is 2. The van der Waals surface area contributed by atoms with E-state index in [9.17, 15) is 14.7 Å². The van der Waals surface area contributed by atoms with Crippen molar-refractivity contribution < 1.29 is 63.5 Å². The van der Waals surface area contributed by atoms with Crippen LogP contribution in [0.25, 0.3) is 5.73 Å². The number of aliphatic hydroxyl groups is 1. The molecular weight excluding hydrogens is 461 g/mol. The first-order valence-electron chi connectivity index (χ1n) is 6.27. The Morgan fingerprint density at radius 2 is 2.00 bits per heavy atom. The third-order valence-electron chi connectivity index (χ3n) is 4.11. The normalized spacial score (nSPS) is 32.7. The van der Waals surface area contributed by atoms with Crippen LogP contribution in [0, 0.1) is 61.8 Å². The van der Waals surface area contributed by atoms with Gasteiger partial charge >= 0.3 is 5.97 Å². The first-order valence-corrected chi connectivity index (χ1v) is 6.27. The molecule has 1 aliphatic carbocycles. The van der Waals surface area contributed by atoms with Crippen LogP contribution >= 0.6 is 0 Å². The van der Waals surface area contributed by atoms with Crippen LogP contribution in [0.15, 0.2) is 0 Å². The molecule has 0 amide bonds. The van der Waals surface area contributed by atoms with Crippen molar-refractivity contribution in [2.75, 3.05) is 7.11 Å². The molecule has 1 radical (unpaired) electrons. The number of rotatable bonds is 3. The molecule has 4 atom stereocenters. The van der Waals surface area contributed by atoms with Crippen LogP contribution in [-0.2, 0) is 14.3 Å². The third-order valence-corrected chi connectivity index (χ3v) is 4.11. The standard InChI is InChI=1S/C13H22NO4.Ac/c1-7(2)8(3)9-5-13(17,12(16)18-4)6-10(15)11(9)14;/h7-9,11,14,17H,5-6H2,1-4H3;/q-1;. The van der Waals surface area contributed by atoms with E-state index in [2.05, 4.69) is 4.74 Å². The van der Waals surface area contributed by atoms with Gasteiger partial charge in [-0.15, -0.1) is 0 Å². The summed E-state index contributed by atoms with van der Waals surface area (Å²) in [6, 6.07) is -0.854. The van der Waals surface area contributed by atoms with Crippen molar-refractivity contribution in [3.8, 4) is 0 Å². The van der Waals surface area contributed by atoms with Gasteiger partial charge in [-0.2, -0.15) is 0 Å². The molecule has 5 nitrogen and oxygen atoms in total. The first kappa shape index (κ1) is 19.5. The van der Waals surface area contributed by atoms with Crippen LogP contribution in [0.1, 0.15) is 33.6 Å². The van der Waals surface area contributed by atoms with Gasteiger partial charge in [0.1, 0.15) is 5.78 Å². The molecule has 1 rings (SSSR count). The molecule has 0 saturated heterocycles.